The predicted molar refractivity (Wildman–Crippen MR) is 77.2 cm³/mol. The number of rotatable bonds is 7. The van der Waals surface area contributed by atoms with Crippen molar-refractivity contribution in [2.75, 3.05) is 23.3 Å². The van der Waals surface area contributed by atoms with Crippen LogP contribution in [-0.2, 0) is 4.79 Å². The number of amides is 1. The third kappa shape index (κ3) is 4.39. The molecule has 0 spiro atoms. The van der Waals surface area contributed by atoms with E-state index in [-0.39, 0.29) is 18.5 Å². The van der Waals surface area contributed by atoms with Crippen LogP contribution >= 0.6 is 0 Å². The van der Waals surface area contributed by atoms with E-state index in [1.165, 1.54) is 0 Å². The van der Waals surface area contributed by atoms with Crippen molar-refractivity contribution in [1.82, 2.24) is 9.97 Å². The van der Waals surface area contributed by atoms with Gasteiger partial charge in [0.2, 0.25) is 11.9 Å². The topological polar surface area (TPSA) is 84.1 Å². The molecule has 1 rings (SSSR count). The number of aryl methyl sites for hydroxylation is 1. The van der Waals surface area contributed by atoms with Gasteiger partial charge in [0.05, 0.1) is 6.54 Å². The van der Waals surface area contributed by atoms with Crippen LogP contribution in [0.25, 0.3) is 0 Å². The van der Waals surface area contributed by atoms with Gasteiger partial charge in [0.15, 0.2) is 0 Å². The summed E-state index contributed by atoms with van der Waals surface area (Å²) in [5, 5.41) is 3.14. The van der Waals surface area contributed by atoms with E-state index in [4.69, 9.17) is 5.73 Å². The summed E-state index contributed by atoms with van der Waals surface area (Å²) in [6, 6.07) is 0.139. The highest BCUT2D eigenvalue weighted by Gasteiger charge is 2.17. The van der Waals surface area contributed by atoms with Crippen LogP contribution < -0.4 is 16.0 Å². The Morgan fingerprint density at radius 2 is 2.21 bits per heavy atom. The normalized spacial score (nSPS) is 10.6. The Labute approximate surface area is 114 Å². The largest absolute Gasteiger partial charge is 0.368 e. The van der Waals surface area contributed by atoms with Crippen molar-refractivity contribution in [3.63, 3.8) is 0 Å². The van der Waals surface area contributed by atoms with Crippen molar-refractivity contribution < 1.29 is 4.79 Å². The highest BCUT2D eigenvalue weighted by Crippen LogP contribution is 2.20. The van der Waals surface area contributed by atoms with Gasteiger partial charge in [0, 0.05) is 24.3 Å². The summed E-state index contributed by atoms with van der Waals surface area (Å²) in [6.45, 7) is 8.99. The van der Waals surface area contributed by atoms with Gasteiger partial charge in [0.25, 0.3) is 0 Å². The number of anilines is 2. The molecule has 3 N–H and O–H groups in total. The lowest BCUT2D eigenvalue weighted by Crippen LogP contribution is -2.39. The zero-order chi connectivity index (χ0) is 14.4. The average Bonchev–Trinajstić information content (AvgIpc) is 2.35. The van der Waals surface area contributed by atoms with Crippen molar-refractivity contribution >= 4 is 17.7 Å². The quantitative estimate of drug-likeness (QED) is 0.776. The van der Waals surface area contributed by atoms with Crippen molar-refractivity contribution in [3.05, 3.63) is 11.8 Å². The number of carbonyl (C=O) groups excluding carboxylic acids is 1. The molecule has 1 aromatic heterocycles. The van der Waals surface area contributed by atoms with E-state index in [0.717, 1.165) is 24.3 Å². The molecular weight excluding hydrogens is 242 g/mol. The van der Waals surface area contributed by atoms with Gasteiger partial charge in [-0.2, -0.15) is 4.98 Å². The van der Waals surface area contributed by atoms with Gasteiger partial charge in [-0.1, -0.05) is 6.92 Å². The first-order valence-corrected chi connectivity index (χ1v) is 6.58. The highest BCUT2D eigenvalue weighted by molar-refractivity contribution is 5.79. The molecule has 19 heavy (non-hydrogen) atoms. The molecular formula is C13H23N5O. The minimum Gasteiger partial charge on any atom is -0.368 e. The molecule has 0 saturated heterocycles. The molecule has 0 radical (unpaired) electrons. The van der Waals surface area contributed by atoms with Crippen LogP contribution in [0.4, 0.5) is 11.8 Å². The molecule has 0 aliphatic heterocycles. The van der Waals surface area contributed by atoms with Crippen molar-refractivity contribution in [2.45, 2.75) is 40.2 Å². The summed E-state index contributed by atoms with van der Waals surface area (Å²) < 4.78 is 0. The number of nitrogens with zero attached hydrogens (tertiary/aromatic N) is 3. The standard InChI is InChI=1S/C13H23N5O/c1-5-6-15-13-16-7-10(4)12(17-13)18(9(2)3)8-11(14)19/h7,9H,5-6,8H2,1-4H3,(H2,14,19)(H,15,16,17). The molecule has 0 atom stereocenters. The fourth-order valence-electron chi connectivity index (χ4n) is 1.72. The molecule has 1 heterocycles. The number of nitrogens with two attached hydrogens (primary N) is 1. The lowest BCUT2D eigenvalue weighted by molar-refractivity contribution is -0.116. The molecule has 0 fully saturated rings. The Morgan fingerprint density at radius 3 is 2.74 bits per heavy atom. The smallest absolute Gasteiger partial charge is 0.237 e. The number of hydrogen-bond acceptors (Lipinski definition) is 5. The zero-order valence-electron chi connectivity index (χ0n) is 12.1. The van der Waals surface area contributed by atoms with Crippen molar-refractivity contribution in [1.29, 1.82) is 0 Å². The van der Waals surface area contributed by atoms with Crippen LogP contribution in [0, 0.1) is 6.92 Å². The van der Waals surface area contributed by atoms with E-state index in [0.29, 0.717) is 5.95 Å². The lowest BCUT2D eigenvalue weighted by atomic mass is 10.2. The number of primary amides is 1. The second-order valence-electron chi connectivity index (χ2n) is 4.81. The van der Waals surface area contributed by atoms with Gasteiger partial charge in [0.1, 0.15) is 5.82 Å². The molecule has 0 bridgehead atoms. The maximum atomic E-state index is 11.2. The molecule has 0 unspecified atom stereocenters. The Kier molecular flexibility index (Phi) is 5.54. The van der Waals surface area contributed by atoms with E-state index >= 15 is 0 Å². The summed E-state index contributed by atoms with van der Waals surface area (Å²) in [7, 11) is 0. The van der Waals surface area contributed by atoms with Crippen LogP contribution in [0.3, 0.4) is 0 Å². The van der Waals surface area contributed by atoms with Gasteiger partial charge in [-0.05, 0) is 27.2 Å². The average molecular weight is 265 g/mol. The van der Waals surface area contributed by atoms with Crippen LogP contribution in [0.5, 0.6) is 0 Å². The van der Waals surface area contributed by atoms with E-state index in [1.54, 1.807) is 6.20 Å². The van der Waals surface area contributed by atoms with Gasteiger partial charge >= 0.3 is 0 Å². The maximum Gasteiger partial charge on any atom is 0.237 e. The third-order valence-electron chi connectivity index (χ3n) is 2.70. The highest BCUT2D eigenvalue weighted by atomic mass is 16.1. The zero-order valence-corrected chi connectivity index (χ0v) is 12.1. The van der Waals surface area contributed by atoms with E-state index in [9.17, 15) is 4.79 Å². The van der Waals surface area contributed by atoms with E-state index < -0.39 is 0 Å². The van der Waals surface area contributed by atoms with E-state index in [2.05, 4.69) is 22.2 Å². The number of aromatic nitrogens is 2. The number of carbonyl (C=O) groups is 1. The molecule has 106 valence electrons. The van der Waals surface area contributed by atoms with Crippen LogP contribution in [-0.4, -0.2) is 35.0 Å². The maximum absolute atomic E-state index is 11.2. The molecule has 0 aliphatic carbocycles. The summed E-state index contributed by atoms with van der Waals surface area (Å²) in [6.07, 6.45) is 2.76. The second-order valence-corrected chi connectivity index (χ2v) is 4.81. The Bertz CT molecular complexity index is 433. The predicted octanol–water partition coefficient (Wildman–Crippen LogP) is 1.31. The van der Waals surface area contributed by atoms with Gasteiger partial charge < -0.3 is 16.0 Å². The second kappa shape index (κ2) is 6.92. The Morgan fingerprint density at radius 1 is 1.53 bits per heavy atom. The lowest BCUT2D eigenvalue weighted by Gasteiger charge is -2.28. The van der Waals surface area contributed by atoms with Gasteiger partial charge in [-0.3, -0.25) is 4.79 Å². The molecule has 0 aliphatic rings. The number of hydrogen-bond donors (Lipinski definition) is 2. The van der Waals surface area contributed by atoms with Crippen LogP contribution in [0.2, 0.25) is 0 Å². The molecule has 1 amide bonds. The molecule has 0 aromatic carbocycles. The number of nitrogens with one attached hydrogen (secondary N) is 1. The molecule has 0 saturated carbocycles. The van der Waals surface area contributed by atoms with Crippen molar-refractivity contribution in [3.8, 4) is 0 Å². The summed E-state index contributed by atoms with van der Waals surface area (Å²) in [5.74, 6) is 0.967. The van der Waals surface area contributed by atoms with Gasteiger partial charge in [-0.15, -0.1) is 0 Å². The minimum absolute atomic E-state index is 0.139. The third-order valence-corrected chi connectivity index (χ3v) is 2.70. The first kappa shape index (κ1) is 15.2. The fraction of sp³-hybridized carbons (Fsp3) is 0.615. The fourth-order valence-corrected chi connectivity index (χ4v) is 1.72. The minimum atomic E-state index is -0.366. The van der Waals surface area contributed by atoms with Gasteiger partial charge in [-0.25, -0.2) is 4.98 Å². The molecule has 1 aromatic rings. The first-order valence-electron chi connectivity index (χ1n) is 6.58. The monoisotopic (exact) mass is 265 g/mol. The van der Waals surface area contributed by atoms with Crippen molar-refractivity contribution in [2.24, 2.45) is 5.73 Å². The first-order chi connectivity index (χ1) is 8.95. The van der Waals surface area contributed by atoms with E-state index in [1.807, 2.05) is 25.7 Å². The summed E-state index contributed by atoms with van der Waals surface area (Å²) >= 11 is 0. The molecule has 6 nitrogen and oxygen atoms in total. The Balaban J connectivity index is 3.03. The molecule has 6 heteroatoms. The Hall–Kier alpha value is -1.85. The van der Waals surface area contributed by atoms with Crippen LogP contribution in [0.15, 0.2) is 6.20 Å². The summed E-state index contributed by atoms with van der Waals surface area (Å²) in [5.41, 5.74) is 6.22. The SMILES string of the molecule is CCCNc1ncc(C)c(N(CC(N)=O)C(C)C)n1. The summed E-state index contributed by atoms with van der Waals surface area (Å²) in [4.78, 5) is 21.8. The van der Waals surface area contributed by atoms with Crippen LogP contribution in [0.1, 0.15) is 32.8 Å².